The number of thiophene rings is 1. The molecule has 0 aliphatic carbocycles. The van der Waals surface area contributed by atoms with E-state index in [0.29, 0.717) is 12.3 Å². The summed E-state index contributed by atoms with van der Waals surface area (Å²) in [6.07, 6.45) is 2.42. The van der Waals surface area contributed by atoms with Crippen LogP contribution in [0.1, 0.15) is 30.3 Å². The molecule has 2 aromatic rings. The number of nitrogens with one attached hydrogen (secondary N) is 2. The molecule has 0 saturated carbocycles. The van der Waals surface area contributed by atoms with Gasteiger partial charge in [0.1, 0.15) is 0 Å². The Hall–Kier alpha value is -1.73. The molecule has 1 atom stereocenters. The summed E-state index contributed by atoms with van der Waals surface area (Å²) in [5.74, 6) is 0.399. The van der Waals surface area contributed by atoms with Crippen LogP contribution in [0.4, 0.5) is 6.01 Å². The van der Waals surface area contributed by atoms with E-state index in [9.17, 15) is 4.79 Å². The Morgan fingerprint density at radius 2 is 2.53 bits per heavy atom. The number of hydrogen-bond acceptors (Lipinski definition) is 6. The van der Waals surface area contributed by atoms with Crippen LogP contribution in [0.5, 0.6) is 0 Å². The lowest BCUT2D eigenvalue weighted by atomic mass is 10.2. The van der Waals surface area contributed by atoms with E-state index >= 15 is 0 Å². The van der Waals surface area contributed by atoms with Gasteiger partial charge < -0.3 is 9.73 Å². The standard InChI is InChI=1S/C12H14N4O2S/c17-10(6-8-3-5-19-7-8)14-12-16-15-11(18-12)9-2-1-4-13-9/h3,5,7,9,13H,1-2,4,6H2,(H,14,16,17). The third-order valence-electron chi connectivity index (χ3n) is 2.99. The van der Waals surface area contributed by atoms with Gasteiger partial charge in [0.25, 0.3) is 0 Å². The zero-order valence-corrected chi connectivity index (χ0v) is 11.1. The van der Waals surface area contributed by atoms with Crippen LogP contribution < -0.4 is 10.6 Å². The molecule has 3 rings (SSSR count). The average molecular weight is 278 g/mol. The molecule has 2 N–H and O–H groups in total. The normalized spacial score (nSPS) is 18.6. The first-order chi connectivity index (χ1) is 9.31. The maximum atomic E-state index is 11.8. The van der Waals surface area contributed by atoms with Crippen molar-refractivity contribution in [3.05, 3.63) is 28.3 Å². The van der Waals surface area contributed by atoms with E-state index in [2.05, 4.69) is 20.8 Å². The summed E-state index contributed by atoms with van der Waals surface area (Å²) in [6.45, 7) is 0.965. The van der Waals surface area contributed by atoms with Gasteiger partial charge in [-0.2, -0.15) is 11.3 Å². The number of anilines is 1. The Bertz CT molecular complexity index is 546. The Morgan fingerprint density at radius 1 is 1.58 bits per heavy atom. The number of hydrogen-bond donors (Lipinski definition) is 2. The monoisotopic (exact) mass is 278 g/mol. The van der Waals surface area contributed by atoms with E-state index < -0.39 is 0 Å². The average Bonchev–Trinajstić information content (AvgIpc) is 3.09. The van der Waals surface area contributed by atoms with Gasteiger partial charge in [-0.15, -0.1) is 5.10 Å². The second kappa shape index (κ2) is 5.50. The molecule has 2 aromatic heterocycles. The zero-order chi connectivity index (χ0) is 13.1. The molecule has 1 aliphatic rings. The van der Waals surface area contributed by atoms with Gasteiger partial charge in [0.05, 0.1) is 12.5 Å². The van der Waals surface area contributed by atoms with Crippen molar-refractivity contribution >= 4 is 23.3 Å². The predicted octanol–water partition coefficient (Wildman–Crippen LogP) is 1.74. The molecule has 100 valence electrons. The lowest BCUT2D eigenvalue weighted by molar-refractivity contribution is -0.115. The van der Waals surface area contributed by atoms with Gasteiger partial charge in [0.15, 0.2) is 0 Å². The molecule has 0 radical (unpaired) electrons. The topological polar surface area (TPSA) is 80.0 Å². The van der Waals surface area contributed by atoms with E-state index in [1.807, 2.05) is 16.8 Å². The number of rotatable bonds is 4. The number of carbonyl (C=O) groups is 1. The molecule has 19 heavy (non-hydrogen) atoms. The van der Waals surface area contributed by atoms with Crippen LogP contribution in [-0.4, -0.2) is 22.6 Å². The van der Waals surface area contributed by atoms with Crippen molar-refractivity contribution < 1.29 is 9.21 Å². The molecule has 1 aliphatic heterocycles. The highest BCUT2D eigenvalue weighted by Crippen LogP contribution is 2.22. The number of nitrogens with zero attached hydrogens (tertiary/aromatic N) is 2. The highest BCUT2D eigenvalue weighted by molar-refractivity contribution is 7.08. The minimum absolute atomic E-state index is 0.120. The van der Waals surface area contributed by atoms with E-state index in [4.69, 9.17) is 4.42 Å². The Balaban J connectivity index is 1.59. The van der Waals surface area contributed by atoms with Crippen LogP contribution in [0.2, 0.25) is 0 Å². The smallest absolute Gasteiger partial charge is 0.322 e. The molecule has 1 unspecified atom stereocenters. The highest BCUT2D eigenvalue weighted by atomic mass is 32.1. The molecule has 0 aromatic carbocycles. The Labute approximate surface area is 114 Å². The summed E-state index contributed by atoms with van der Waals surface area (Å²) in [5.41, 5.74) is 0.986. The van der Waals surface area contributed by atoms with Crippen LogP contribution in [0, 0.1) is 0 Å². The van der Waals surface area contributed by atoms with Crippen molar-refractivity contribution in [3.8, 4) is 0 Å². The summed E-state index contributed by atoms with van der Waals surface area (Å²) in [4.78, 5) is 11.8. The number of aromatic nitrogens is 2. The van der Waals surface area contributed by atoms with E-state index in [1.165, 1.54) is 0 Å². The fourth-order valence-corrected chi connectivity index (χ4v) is 2.73. The van der Waals surface area contributed by atoms with Gasteiger partial charge in [-0.05, 0) is 41.8 Å². The van der Waals surface area contributed by atoms with Gasteiger partial charge in [0.2, 0.25) is 11.8 Å². The first kappa shape index (κ1) is 12.3. The maximum Gasteiger partial charge on any atom is 0.322 e. The minimum atomic E-state index is -0.145. The SMILES string of the molecule is O=C(Cc1ccsc1)Nc1nnc(C2CCCN2)o1. The fraction of sp³-hybridized carbons (Fsp3) is 0.417. The quantitative estimate of drug-likeness (QED) is 0.890. The van der Waals surface area contributed by atoms with Crippen molar-refractivity contribution in [3.63, 3.8) is 0 Å². The lowest BCUT2D eigenvalue weighted by Gasteiger charge is -2.02. The molecule has 1 amide bonds. The fourth-order valence-electron chi connectivity index (χ4n) is 2.06. The molecular weight excluding hydrogens is 264 g/mol. The minimum Gasteiger partial charge on any atom is -0.406 e. The molecule has 1 saturated heterocycles. The molecular formula is C12H14N4O2S. The number of amides is 1. The summed E-state index contributed by atoms with van der Waals surface area (Å²) in [6, 6.07) is 2.21. The second-order valence-corrected chi connectivity index (χ2v) is 5.23. The van der Waals surface area contributed by atoms with Crippen molar-refractivity contribution in [2.24, 2.45) is 0 Å². The van der Waals surface area contributed by atoms with Crippen LogP contribution in [0.15, 0.2) is 21.2 Å². The van der Waals surface area contributed by atoms with Crippen LogP contribution in [-0.2, 0) is 11.2 Å². The van der Waals surface area contributed by atoms with Gasteiger partial charge in [-0.1, -0.05) is 5.10 Å². The Morgan fingerprint density at radius 3 is 3.26 bits per heavy atom. The first-order valence-electron chi connectivity index (χ1n) is 6.19. The van der Waals surface area contributed by atoms with Gasteiger partial charge >= 0.3 is 6.01 Å². The highest BCUT2D eigenvalue weighted by Gasteiger charge is 2.22. The predicted molar refractivity (Wildman–Crippen MR) is 70.9 cm³/mol. The van der Waals surface area contributed by atoms with E-state index in [0.717, 1.165) is 24.9 Å². The third kappa shape index (κ3) is 2.99. The molecule has 6 nitrogen and oxygen atoms in total. The molecule has 0 bridgehead atoms. The van der Waals surface area contributed by atoms with Crippen LogP contribution in [0.25, 0.3) is 0 Å². The summed E-state index contributed by atoms with van der Waals surface area (Å²) in [7, 11) is 0. The van der Waals surface area contributed by atoms with Crippen LogP contribution >= 0.6 is 11.3 Å². The molecule has 0 spiro atoms. The second-order valence-electron chi connectivity index (χ2n) is 4.45. The first-order valence-corrected chi connectivity index (χ1v) is 7.13. The summed E-state index contributed by atoms with van der Waals surface area (Å²) in [5, 5.41) is 17.6. The van der Waals surface area contributed by atoms with Crippen molar-refractivity contribution in [1.82, 2.24) is 15.5 Å². The van der Waals surface area contributed by atoms with E-state index in [-0.39, 0.29) is 18.0 Å². The van der Waals surface area contributed by atoms with Gasteiger partial charge in [0, 0.05) is 0 Å². The Kier molecular flexibility index (Phi) is 3.56. The largest absolute Gasteiger partial charge is 0.406 e. The lowest BCUT2D eigenvalue weighted by Crippen LogP contribution is -2.14. The van der Waals surface area contributed by atoms with Crippen molar-refractivity contribution in [1.29, 1.82) is 0 Å². The maximum absolute atomic E-state index is 11.8. The van der Waals surface area contributed by atoms with Gasteiger partial charge in [-0.25, -0.2) is 0 Å². The summed E-state index contributed by atoms with van der Waals surface area (Å²) >= 11 is 1.57. The van der Waals surface area contributed by atoms with Crippen molar-refractivity contribution in [2.75, 3.05) is 11.9 Å². The number of carbonyl (C=O) groups excluding carboxylic acids is 1. The molecule has 3 heterocycles. The van der Waals surface area contributed by atoms with E-state index in [1.54, 1.807) is 11.3 Å². The van der Waals surface area contributed by atoms with Gasteiger partial charge in [-0.3, -0.25) is 10.1 Å². The molecule has 1 fully saturated rings. The zero-order valence-electron chi connectivity index (χ0n) is 10.3. The summed E-state index contributed by atoms with van der Waals surface area (Å²) < 4.78 is 5.44. The molecule has 7 heteroatoms. The third-order valence-corrected chi connectivity index (χ3v) is 3.72. The van der Waals surface area contributed by atoms with Crippen molar-refractivity contribution in [2.45, 2.75) is 25.3 Å². The van der Waals surface area contributed by atoms with Crippen LogP contribution in [0.3, 0.4) is 0 Å².